The number of carbonyl (C=O) groups excluding carboxylic acids is 1. The van der Waals surface area contributed by atoms with Crippen LogP contribution in [0.4, 0.5) is 24.5 Å². The minimum atomic E-state index is -4.57. The fourth-order valence-electron chi connectivity index (χ4n) is 2.65. The number of nitrogens with one attached hydrogen (secondary N) is 1. The first-order chi connectivity index (χ1) is 12.5. The summed E-state index contributed by atoms with van der Waals surface area (Å²) in [6.45, 7) is 3.53. The lowest BCUT2D eigenvalue weighted by Gasteiger charge is -2.21. The van der Waals surface area contributed by atoms with Crippen molar-refractivity contribution in [3.05, 3.63) is 68.7 Å². The van der Waals surface area contributed by atoms with E-state index >= 15 is 0 Å². The third kappa shape index (κ3) is 4.97. The van der Waals surface area contributed by atoms with Crippen LogP contribution in [0, 0.1) is 16.0 Å². The molecule has 2 rings (SSSR count). The number of rotatable bonds is 5. The molecule has 0 aliphatic heterocycles. The van der Waals surface area contributed by atoms with Gasteiger partial charge in [-0.1, -0.05) is 37.6 Å². The highest BCUT2D eigenvalue weighted by Gasteiger charge is 2.32. The molecule has 0 fully saturated rings. The Bertz CT molecular complexity index is 852. The van der Waals surface area contributed by atoms with Crippen LogP contribution in [0.1, 0.15) is 30.9 Å². The highest BCUT2D eigenvalue weighted by molar-refractivity contribution is 6.33. The summed E-state index contributed by atoms with van der Waals surface area (Å²) in [4.78, 5) is 22.9. The van der Waals surface area contributed by atoms with Crippen molar-refractivity contribution in [3.63, 3.8) is 0 Å². The van der Waals surface area contributed by atoms with E-state index in [-0.39, 0.29) is 22.3 Å². The first-order valence-electron chi connectivity index (χ1n) is 7.92. The maximum Gasteiger partial charge on any atom is 0.416 e. The third-order valence-corrected chi connectivity index (χ3v) is 4.29. The molecule has 0 radical (unpaired) electrons. The number of hydrogen-bond donors (Lipinski definition) is 1. The first-order valence-corrected chi connectivity index (χ1v) is 8.30. The lowest BCUT2D eigenvalue weighted by Crippen LogP contribution is -2.25. The highest BCUT2D eigenvalue weighted by atomic mass is 35.5. The molecular weight excluding hydrogens is 385 g/mol. The standard InChI is InChI=1S/C18H16ClF3N2O3/c1-10(2)16(11-3-6-13(7-4-11)24(26)27)17(25)23-15-9-12(18(20,21)22)5-8-14(15)19/h3-10,16H,1-2H3,(H,23,25). The molecule has 0 aliphatic carbocycles. The summed E-state index contributed by atoms with van der Waals surface area (Å²) in [5.41, 5.74) is -0.693. The highest BCUT2D eigenvalue weighted by Crippen LogP contribution is 2.35. The number of alkyl halides is 3. The van der Waals surface area contributed by atoms with Gasteiger partial charge in [-0.05, 0) is 29.7 Å². The smallest absolute Gasteiger partial charge is 0.324 e. The molecule has 0 heterocycles. The molecule has 2 aromatic carbocycles. The van der Waals surface area contributed by atoms with Crippen molar-refractivity contribution < 1.29 is 22.9 Å². The number of hydrogen-bond acceptors (Lipinski definition) is 3. The Morgan fingerprint density at radius 1 is 1.15 bits per heavy atom. The normalized spacial score (nSPS) is 12.7. The molecule has 0 aliphatic rings. The van der Waals surface area contributed by atoms with Crippen molar-refractivity contribution >= 4 is 28.9 Å². The molecule has 144 valence electrons. The summed E-state index contributed by atoms with van der Waals surface area (Å²) < 4.78 is 38.6. The van der Waals surface area contributed by atoms with Crippen LogP contribution >= 0.6 is 11.6 Å². The molecule has 1 N–H and O–H groups in total. The fourth-order valence-corrected chi connectivity index (χ4v) is 2.82. The van der Waals surface area contributed by atoms with E-state index in [2.05, 4.69) is 5.32 Å². The van der Waals surface area contributed by atoms with E-state index in [9.17, 15) is 28.1 Å². The van der Waals surface area contributed by atoms with E-state index in [4.69, 9.17) is 11.6 Å². The SMILES string of the molecule is CC(C)C(C(=O)Nc1cc(C(F)(F)F)ccc1Cl)c1ccc([N+](=O)[O-])cc1. The summed E-state index contributed by atoms with van der Waals surface area (Å²) in [6.07, 6.45) is -4.57. The Morgan fingerprint density at radius 3 is 2.22 bits per heavy atom. The molecule has 0 saturated carbocycles. The zero-order valence-electron chi connectivity index (χ0n) is 14.4. The van der Waals surface area contributed by atoms with E-state index < -0.39 is 28.5 Å². The topological polar surface area (TPSA) is 72.2 Å². The van der Waals surface area contributed by atoms with Crippen molar-refractivity contribution in [3.8, 4) is 0 Å². The summed E-state index contributed by atoms with van der Waals surface area (Å²) >= 11 is 5.92. The molecular formula is C18H16ClF3N2O3. The minimum absolute atomic E-state index is 0.0254. The Balaban J connectivity index is 2.32. The first kappa shape index (κ1) is 20.7. The number of anilines is 1. The van der Waals surface area contributed by atoms with Gasteiger partial charge in [-0.25, -0.2) is 0 Å². The molecule has 5 nitrogen and oxygen atoms in total. The van der Waals surface area contributed by atoms with Crippen LogP contribution < -0.4 is 5.32 Å². The predicted octanol–water partition coefficient (Wildman–Crippen LogP) is 5.65. The van der Waals surface area contributed by atoms with E-state index in [1.807, 2.05) is 0 Å². The Kier molecular flexibility index (Phi) is 6.10. The number of halogens is 4. The second-order valence-electron chi connectivity index (χ2n) is 6.25. The van der Waals surface area contributed by atoms with E-state index in [1.54, 1.807) is 13.8 Å². The molecule has 1 atom stereocenters. The quantitative estimate of drug-likeness (QED) is 0.521. The number of non-ortho nitro benzene ring substituents is 1. The zero-order valence-corrected chi connectivity index (χ0v) is 15.1. The van der Waals surface area contributed by atoms with Gasteiger partial charge in [-0.2, -0.15) is 13.2 Å². The van der Waals surface area contributed by atoms with Gasteiger partial charge in [0.1, 0.15) is 0 Å². The fraction of sp³-hybridized carbons (Fsp3) is 0.278. The maximum atomic E-state index is 12.9. The number of benzene rings is 2. The van der Waals surface area contributed by atoms with Crippen LogP contribution in [0.2, 0.25) is 5.02 Å². The Morgan fingerprint density at radius 2 is 1.74 bits per heavy atom. The van der Waals surface area contributed by atoms with Gasteiger partial charge in [0.15, 0.2) is 0 Å². The Hall–Kier alpha value is -2.61. The van der Waals surface area contributed by atoms with Crippen molar-refractivity contribution in [2.24, 2.45) is 5.92 Å². The largest absolute Gasteiger partial charge is 0.416 e. The van der Waals surface area contributed by atoms with Crippen LogP contribution in [-0.4, -0.2) is 10.8 Å². The zero-order chi connectivity index (χ0) is 20.4. The van der Waals surface area contributed by atoms with E-state index in [0.29, 0.717) is 5.56 Å². The Labute approximate surface area is 158 Å². The molecule has 1 amide bonds. The molecule has 27 heavy (non-hydrogen) atoms. The monoisotopic (exact) mass is 400 g/mol. The van der Waals surface area contributed by atoms with Crippen molar-refractivity contribution in [1.82, 2.24) is 0 Å². The molecule has 0 bridgehead atoms. The van der Waals surface area contributed by atoms with Crippen molar-refractivity contribution in [2.45, 2.75) is 25.9 Å². The average molecular weight is 401 g/mol. The van der Waals surface area contributed by atoms with E-state index in [0.717, 1.165) is 18.2 Å². The van der Waals surface area contributed by atoms with Gasteiger partial charge in [0, 0.05) is 12.1 Å². The molecule has 0 spiro atoms. The van der Waals surface area contributed by atoms with E-state index in [1.165, 1.54) is 24.3 Å². The molecule has 1 unspecified atom stereocenters. The number of nitro benzene ring substituents is 1. The lowest BCUT2D eigenvalue weighted by molar-refractivity contribution is -0.384. The van der Waals surface area contributed by atoms with Crippen LogP contribution in [-0.2, 0) is 11.0 Å². The van der Waals surface area contributed by atoms with Crippen LogP contribution in [0.5, 0.6) is 0 Å². The minimum Gasteiger partial charge on any atom is -0.324 e. The molecule has 0 aromatic heterocycles. The predicted molar refractivity (Wildman–Crippen MR) is 95.8 cm³/mol. The maximum absolute atomic E-state index is 12.9. The summed E-state index contributed by atoms with van der Waals surface area (Å²) in [6, 6.07) is 8.12. The van der Waals surface area contributed by atoms with Gasteiger partial charge < -0.3 is 5.32 Å². The average Bonchev–Trinajstić information content (AvgIpc) is 2.56. The van der Waals surface area contributed by atoms with Gasteiger partial charge in [-0.3, -0.25) is 14.9 Å². The lowest BCUT2D eigenvalue weighted by atomic mass is 9.87. The molecule has 9 heteroatoms. The van der Waals surface area contributed by atoms with Crippen molar-refractivity contribution in [1.29, 1.82) is 0 Å². The van der Waals surface area contributed by atoms with Crippen LogP contribution in [0.3, 0.4) is 0 Å². The van der Waals surface area contributed by atoms with Gasteiger partial charge in [0.2, 0.25) is 5.91 Å². The van der Waals surface area contributed by atoms with Crippen LogP contribution in [0.25, 0.3) is 0 Å². The summed E-state index contributed by atoms with van der Waals surface area (Å²) in [5, 5.41) is 13.2. The summed E-state index contributed by atoms with van der Waals surface area (Å²) in [7, 11) is 0. The van der Waals surface area contributed by atoms with Gasteiger partial charge in [-0.15, -0.1) is 0 Å². The second kappa shape index (κ2) is 7.96. The number of carbonyl (C=O) groups is 1. The van der Waals surface area contributed by atoms with Gasteiger partial charge in [0.05, 0.1) is 27.1 Å². The summed E-state index contributed by atoms with van der Waals surface area (Å²) in [5.74, 6) is -1.49. The molecule has 2 aromatic rings. The number of amides is 1. The molecule has 0 saturated heterocycles. The van der Waals surface area contributed by atoms with Crippen LogP contribution in [0.15, 0.2) is 42.5 Å². The van der Waals surface area contributed by atoms with Crippen molar-refractivity contribution in [2.75, 3.05) is 5.32 Å². The van der Waals surface area contributed by atoms with Gasteiger partial charge >= 0.3 is 6.18 Å². The second-order valence-corrected chi connectivity index (χ2v) is 6.66. The number of nitrogens with zero attached hydrogens (tertiary/aromatic N) is 1. The van der Waals surface area contributed by atoms with Gasteiger partial charge in [0.25, 0.3) is 5.69 Å². The number of nitro groups is 1. The third-order valence-electron chi connectivity index (χ3n) is 3.96.